The van der Waals surface area contributed by atoms with Crippen LogP contribution in [0.5, 0.6) is 0 Å². The summed E-state index contributed by atoms with van der Waals surface area (Å²) in [6, 6.07) is 18.5. The topological polar surface area (TPSA) is 46.9 Å². The Labute approximate surface area is 147 Å². The minimum Gasteiger partial charge on any atom is -0.347 e. The summed E-state index contributed by atoms with van der Waals surface area (Å²) in [6.07, 6.45) is 1.78. The highest BCUT2D eigenvalue weighted by Crippen LogP contribution is 2.23. The number of hydrogen-bond donors (Lipinski definition) is 1. The van der Waals surface area contributed by atoms with Crippen molar-refractivity contribution in [3.63, 3.8) is 0 Å². The second kappa shape index (κ2) is 6.20. The number of para-hydroxylation sites is 1. The van der Waals surface area contributed by atoms with Crippen LogP contribution in [0.25, 0.3) is 5.69 Å². The van der Waals surface area contributed by atoms with Crippen molar-refractivity contribution < 1.29 is 4.79 Å². The molecule has 1 amide bonds. The molecule has 0 saturated heterocycles. The van der Waals surface area contributed by atoms with Gasteiger partial charge in [-0.2, -0.15) is 0 Å². The van der Waals surface area contributed by atoms with Gasteiger partial charge in [0.2, 0.25) is 0 Å². The zero-order valence-corrected chi connectivity index (χ0v) is 14.5. The third kappa shape index (κ3) is 2.84. The molecule has 0 aliphatic heterocycles. The first-order valence-electron chi connectivity index (χ1n) is 8.62. The average molecular weight is 331 g/mol. The molecule has 4 rings (SSSR count). The lowest BCUT2D eigenvalue weighted by Crippen LogP contribution is -2.35. The van der Waals surface area contributed by atoms with Gasteiger partial charge in [0, 0.05) is 11.7 Å². The first kappa shape index (κ1) is 15.6. The molecule has 0 radical (unpaired) electrons. The molecule has 1 aliphatic carbocycles. The smallest absolute Gasteiger partial charge is 0.272 e. The molecule has 3 aromatic rings. The van der Waals surface area contributed by atoms with E-state index in [1.54, 1.807) is 0 Å². The molecule has 25 heavy (non-hydrogen) atoms. The summed E-state index contributed by atoms with van der Waals surface area (Å²) in [4.78, 5) is 17.3. The minimum atomic E-state index is -0.0897. The summed E-state index contributed by atoms with van der Waals surface area (Å²) in [6.45, 7) is 3.88. The van der Waals surface area contributed by atoms with Gasteiger partial charge in [0.05, 0.1) is 5.69 Å². The predicted molar refractivity (Wildman–Crippen MR) is 98.1 cm³/mol. The number of rotatable bonds is 3. The van der Waals surface area contributed by atoms with Gasteiger partial charge in [0.15, 0.2) is 0 Å². The molecular weight excluding hydrogens is 310 g/mol. The Bertz CT molecular complexity index is 903. The van der Waals surface area contributed by atoms with Gasteiger partial charge in [-0.05, 0) is 49.9 Å². The number of hydrogen-bond acceptors (Lipinski definition) is 2. The molecule has 2 aromatic carbocycles. The molecule has 0 unspecified atom stereocenters. The Kier molecular flexibility index (Phi) is 3.88. The van der Waals surface area contributed by atoms with E-state index in [0.717, 1.165) is 30.0 Å². The second-order valence-corrected chi connectivity index (χ2v) is 6.61. The number of amides is 1. The maximum atomic E-state index is 12.8. The zero-order chi connectivity index (χ0) is 17.4. The van der Waals surface area contributed by atoms with E-state index in [1.807, 2.05) is 48.7 Å². The Morgan fingerprint density at radius 3 is 2.24 bits per heavy atom. The lowest BCUT2D eigenvalue weighted by Gasteiger charge is -2.12. The molecular formula is C21H21N3O. The normalized spacial score (nSPS) is 13.7. The Morgan fingerprint density at radius 2 is 1.60 bits per heavy atom. The maximum Gasteiger partial charge on any atom is 0.272 e. The van der Waals surface area contributed by atoms with E-state index in [0.29, 0.717) is 5.69 Å². The van der Waals surface area contributed by atoms with Crippen molar-refractivity contribution in [2.45, 2.75) is 32.7 Å². The molecule has 0 bridgehead atoms. The highest BCUT2D eigenvalue weighted by Gasteiger charge is 2.25. The average Bonchev–Trinajstić information content (AvgIpc) is 3.15. The van der Waals surface area contributed by atoms with Crippen LogP contribution in [0.1, 0.15) is 33.1 Å². The summed E-state index contributed by atoms with van der Waals surface area (Å²) >= 11 is 0. The number of aryl methyl sites for hydroxylation is 1. The van der Waals surface area contributed by atoms with E-state index >= 15 is 0 Å². The fourth-order valence-corrected chi connectivity index (χ4v) is 3.73. The fraction of sp³-hybridized carbons (Fsp3) is 0.238. The van der Waals surface area contributed by atoms with Crippen molar-refractivity contribution >= 4 is 5.91 Å². The standard InChI is InChI=1S/C21H21N3O/c1-14-20(22-15(2)24(14)19-10-4-3-5-11-19)21(25)23-18-12-16-8-6-7-9-17(16)13-18/h3-11,18H,12-13H2,1-2H3,(H,23,25). The molecule has 0 saturated carbocycles. The summed E-state index contributed by atoms with van der Waals surface area (Å²) in [5.41, 5.74) is 5.07. The number of nitrogens with one attached hydrogen (secondary N) is 1. The van der Waals surface area contributed by atoms with Crippen molar-refractivity contribution in [2.75, 3.05) is 0 Å². The third-order valence-corrected chi connectivity index (χ3v) is 4.89. The van der Waals surface area contributed by atoms with E-state index in [-0.39, 0.29) is 11.9 Å². The molecule has 0 fully saturated rings. The summed E-state index contributed by atoms with van der Waals surface area (Å²) in [5.74, 6) is 0.733. The van der Waals surface area contributed by atoms with E-state index in [9.17, 15) is 4.79 Å². The largest absolute Gasteiger partial charge is 0.347 e. The SMILES string of the molecule is Cc1nc(C(=O)NC2Cc3ccccc3C2)c(C)n1-c1ccccc1. The molecule has 1 heterocycles. The van der Waals surface area contributed by atoms with Gasteiger partial charge >= 0.3 is 0 Å². The first-order chi connectivity index (χ1) is 12.1. The van der Waals surface area contributed by atoms with Crippen LogP contribution in [0.3, 0.4) is 0 Å². The van der Waals surface area contributed by atoms with Gasteiger partial charge in [-0.1, -0.05) is 42.5 Å². The van der Waals surface area contributed by atoms with Crippen molar-refractivity contribution in [1.82, 2.24) is 14.9 Å². The molecule has 0 spiro atoms. The Hall–Kier alpha value is -2.88. The van der Waals surface area contributed by atoms with Crippen LogP contribution in [0.4, 0.5) is 0 Å². The van der Waals surface area contributed by atoms with Crippen LogP contribution in [0.15, 0.2) is 54.6 Å². The summed E-state index contributed by atoms with van der Waals surface area (Å²) < 4.78 is 2.03. The van der Waals surface area contributed by atoms with Gasteiger partial charge < -0.3 is 9.88 Å². The lowest BCUT2D eigenvalue weighted by atomic mass is 10.1. The number of fused-ring (bicyclic) bond motifs is 1. The van der Waals surface area contributed by atoms with Gasteiger partial charge in [0.1, 0.15) is 11.5 Å². The quantitative estimate of drug-likeness (QED) is 0.800. The molecule has 4 nitrogen and oxygen atoms in total. The molecule has 4 heteroatoms. The Morgan fingerprint density at radius 1 is 1.00 bits per heavy atom. The number of imidazole rings is 1. The van der Waals surface area contributed by atoms with Crippen molar-refractivity contribution in [3.05, 3.63) is 82.9 Å². The van der Waals surface area contributed by atoms with Gasteiger partial charge in [-0.25, -0.2) is 4.98 Å². The highest BCUT2D eigenvalue weighted by molar-refractivity contribution is 5.94. The van der Waals surface area contributed by atoms with Gasteiger partial charge in [0.25, 0.3) is 5.91 Å². The van der Waals surface area contributed by atoms with E-state index in [4.69, 9.17) is 0 Å². The van der Waals surface area contributed by atoms with Crippen LogP contribution in [0.2, 0.25) is 0 Å². The van der Waals surface area contributed by atoms with E-state index in [1.165, 1.54) is 11.1 Å². The predicted octanol–water partition coefficient (Wildman–Crippen LogP) is 3.39. The number of benzene rings is 2. The van der Waals surface area contributed by atoms with Crippen LogP contribution in [-0.2, 0) is 12.8 Å². The van der Waals surface area contributed by atoms with E-state index < -0.39 is 0 Å². The van der Waals surface area contributed by atoms with E-state index in [2.05, 4.69) is 34.6 Å². The second-order valence-electron chi connectivity index (χ2n) is 6.61. The molecule has 126 valence electrons. The first-order valence-corrected chi connectivity index (χ1v) is 8.62. The van der Waals surface area contributed by atoms with Crippen LogP contribution in [0, 0.1) is 13.8 Å². The number of aromatic nitrogens is 2. The van der Waals surface area contributed by atoms with Crippen LogP contribution >= 0.6 is 0 Å². The van der Waals surface area contributed by atoms with Crippen LogP contribution in [-0.4, -0.2) is 21.5 Å². The molecule has 1 aliphatic rings. The maximum absolute atomic E-state index is 12.8. The Balaban J connectivity index is 1.56. The third-order valence-electron chi connectivity index (χ3n) is 4.89. The minimum absolute atomic E-state index is 0.0897. The monoisotopic (exact) mass is 331 g/mol. The molecule has 1 N–H and O–H groups in total. The number of carbonyl (C=O) groups is 1. The van der Waals surface area contributed by atoms with Gasteiger partial charge in [-0.3, -0.25) is 4.79 Å². The van der Waals surface area contributed by atoms with Crippen molar-refractivity contribution in [1.29, 1.82) is 0 Å². The highest BCUT2D eigenvalue weighted by atomic mass is 16.2. The van der Waals surface area contributed by atoms with Crippen molar-refractivity contribution in [3.8, 4) is 5.69 Å². The van der Waals surface area contributed by atoms with Crippen LogP contribution < -0.4 is 5.32 Å². The zero-order valence-electron chi connectivity index (χ0n) is 14.5. The number of carbonyl (C=O) groups excluding carboxylic acids is 1. The molecule has 0 atom stereocenters. The van der Waals surface area contributed by atoms with Crippen molar-refractivity contribution in [2.24, 2.45) is 0 Å². The summed E-state index contributed by atoms with van der Waals surface area (Å²) in [5, 5.41) is 3.16. The fourth-order valence-electron chi connectivity index (χ4n) is 3.73. The summed E-state index contributed by atoms with van der Waals surface area (Å²) in [7, 11) is 0. The number of nitrogens with zero attached hydrogens (tertiary/aromatic N) is 2. The lowest BCUT2D eigenvalue weighted by molar-refractivity contribution is 0.0933. The molecule has 1 aromatic heterocycles. The van der Waals surface area contributed by atoms with Gasteiger partial charge in [-0.15, -0.1) is 0 Å².